The van der Waals surface area contributed by atoms with Crippen LogP contribution >= 0.6 is 0 Å². The van der Waals surface area contributed by atoms with Gasteiger partial charge in [0.15, 0.2) is 17.1 Å². The lowest BCUT2D eigenvalue weighted by Crippen LogP contribution is -2.37. The number of methoxy groups -OCH3 is 1. The molecule has 0 saturated carbocycles. The van der Waals surface area contributed by atoms with Gasteiger partial charge in [0.25, 0.3) is 0 Å². The minimum Gasteiger partial charge on any atom is -0.462 e. The summed E-state index contributed by atoms with van der Waals surface area (Å²) in [6.45, 7) is 2.36. The minimum atomic E-state index is -1.10. The van der Waals surface area contributed by atoms with E-state index in [0.717, 1.165) is 25.7 Å². The van der Waals surface area contributed by atoms with Gasteiger partial charge in [-0.1, -0.05) is 32.1 Å². The van der Waals surface area contributed by atoms with Crippen LogP contribution in [0.4, 0.5) is 10.2 Å². The highest BCUT2D eigenvalue weighted by molar-refractivity contribution is 5.81. The van der Waals surface area contributed by atoms with E-state index >= 15 is 0 Å². The number of ether oxygens (including phenoxy) is 2. The van der Waals surface area contributed by atoms with Crippen LogP contribution in [-0.2, 0) is 20.8 Å². The summed E-state index contributed by atoms with van der Waals surface area (Å²) in [5.74, 6) is 2.23. The summed E-state index contributed by atoms with van der Waals surface area (Å²) in [5.41, 5.74) is 5.13. The number of aryl methyl sites for hydroxylation is 1. The largest absolute Gasteiger partial charge is 0.462 e. The first-order valence-corrected chi connectivity index (χ1v) is 9.27. The zero-order valence-electron chi connectivity index (χ0n) is 16.3. The molecule has 0 aliphatic rings. The van der Waals surface area contributed by atoms with E-state index < -0.39 is 11.7 Å². The molecule has 0 fully saturated rings. The van der Waals surface area contributed by atoms with Crippen LogP contribution in [0.2, 0.25) is 0 Å². The zero-order valence-corrected chi connectivity index (χ0v) is 16.3. The number of hydrogen-bond acceptors (Lipinski definition) is 7. The predicted octanol–water partition coefficient (Wildman–Crippen LogP) is 2.47. The summed E-state index contributed by atoms with van der Waals surface area (Å²) in [6.07, 6.45) is 10.8. The van der Waals surface area contributed by atoms with Gasteiger partial charge in [-0.15, -0.1) is 6.42 Å². The van der Waals surface area contributed by atoms with Gasteiger partial charge in [0, 0.05) is 26.5 Å². The van der Waals surface area contributed by atoms with E-state index in [1.807, 2.05) is 0 Å². The quantitative estimate of drug-likeness (QED) is 0.271. The average molecular weight is 391 g/mol. The van der Waals surface area contributed by atoms with Crippen LogP contribution in [0.15, 0.2) is 6.33 Å². The van der Waals surface area contributed by atoms with E-state index in [2.05, 4.69) is 27.8 Å². The fourth-order valence-corrected chi connectivity index (χ4v) is 2.77. The molecule has 2 rings (SSSR count). The number of nitrogen functional groups attached to an aromatic ring is 1. The number of rotatable bonds is 11. The minimum absolute atomic E-state index is 0.0341. The second kappa shape index (κ2) is 9.99. The maximum Gasteiger partial charge on any atom is 0.312 e. The Morgan fingerprint density at radius 2 is 2.18 bits per heavy atom. The first kappa shape index (κ1) is 21.6. The van der Waals surface area contributed by atoms with Crippen molar-refractivity contribution in [3.63, 3.8) is 0 Å². The fourth-order valence-electron chi connectivity index (χ4n) is 2.77. The van der Waals surface area contributed by atoms with Crippen LogP contribution in [0.25, 0.3) is 11.2 Å². The molecule has 0 amide bonds. The average Bonchev–Trinajstić information content (AvgIpc) is 3.09. The molecule has 0 radical (unpaired) electrons. The van der Waals surface area contributed by atoms with E-state index in [4.69, 9.17) is 21.6 Å². The summed E-state index contributed by atoms with van der Waals surface area (Å²) in [5, 5.41) is 0. The lowest BCUT2D eigenvalue weighted by molar-refractivity contribution is -0.150. The molecule has 1 atom stereocenters. The molecule has 9 heteroatoms. The maximum absolute atomic E-state index is 13.5. The molecule has 28 heavy (non-hydrogen) atoms. The molecule has 2 N–H and O–H groups in total. The zero-order chi connectivity index (χ0) is 20.6. The molecule has 0 bridgehead atoms. The highest BCUT2D eigenvalue weighted by Crippen LogP contribution is 2.21. The topological polar surface area (TPSA) is 105 Å². The second-order valence-corrected chi connectivity index (χ2v) is 6.55. The Balaban J connectivity index is 1.99. The number of fused-ring (bicyclic) bond motifs is 1. The third kappa shape index (κ3) is 5.39. The van der Waals surface area contributed by atoms with Crippen LogP contribution in [0.3, 0.4) is 0 Å². The van der Waals surface area contributed by atoms with Crippen molar-refractivity contribution in [2.75, 3.05) is 19.5 Å². The summed E-state index contributed by atoms with van der Waals surface area (Å²) in [4.78, 5) is 23.2. The van der Waals surface area contributed by atoms with Gasteiger partial charge in [0.2, 0.25) is 0 Å². The number of unbranched alkanes of at least 4 members (excludes halogenated alkanes) is 3. The van der Waals surface area contributed by atoms with E-state index in [0.29, 0.717) is 24.9 Å². The molecule has 0 aliphatic heterocycles. The molecule has 2 aromatic rings. The van der Waals surface area contributed by atoms with E-state index in [1.54, 1.807) is 4.57 Å². The first-order valence-electron chi connectivity index (χ1n) is 9.27. The smallest absolute Gasteiger partial charge is 0.312 e. The van der Waals surface area contributed by atoms with Gasteiger partial charge in [0.1, 0.15) is 12.1 Å². The monoisotopic (exact) mass is 391 g/mol. The van der Waals surface area contributed by atoms with Crippen molar-refractivity contribution in [1.82, 2.24) is 19.5 Å². The highest BCUT2D eigenvalue weighted by atomic mass is 19.1. The first-order chi connectivity index (χ1) is 13.4. The van der Waals surface area contributed by atoms with Gasteiger partial charge in [-0.2, -0.15) is 14.4 Å². The Morgan fingerprint density at radius 3 is 2.86 bits per heavy atom. The van der Waals surface area contributed by atoms with Crippen LogP contribution in [-0.4, -0.2) is 44.8 Å². The number of esters is 1. The number of nitrogens with two attached hydrogens (primary N) is 1. The number of carbonyl (C=O) groups excluding carboxylic acids is 1. The fraction of sp³-hybridized carbons (Fsp3) is 0.579. The van der Waals surface area contributed by atoms with Crippen molar-refractivity contribution >= 4 is 23.0 Å². The molecule has 2 heterocycles. The van der Waals surface area contributed by atoms with Gasteiger partial charge in [-0.25, -0.2) is 4.98 Å². The Bertz CT molecular complexity index is 848. The standard InChI is InChI=1S/C19H26FN5O3/c1-4-6-7-8-9-14(26)28-12-19(5-2,27-3)10-11-25-13-22-15-16(21)23-18(20)24-17(15)25/h2,13H,4,6-12H2,1,3H3,(H2,21,23,24). The van der Waals surface area contributed by atoms with Gasteiger partial charge in [0.05, 0.1) is 6.33 Å². The van der Waals surface area contributed by atoms with Crippen molar-refractivity contribution < 1.29 is 18.7 Å². The van der Waals surface area contributed by atoms with Crippen molar-refractivity contribution in [2.45, 2.75) is 57.6 Å². The SMILES string of the molecule is C#CC(CCn1cnc2c(N)nc(F)nc21)(COC(=O)CCCCCC)OC. The van der Waals surface area contributed by atoms with Crippen molar-refractivity contribution in [3.05, 3.63) is 12.4 Å². The third-order valence-corrected chi connectivity index (χ3v) is 4.57. The van der Waals surface area contributed by atoms with Crippen molar-refractivity contribution in [2.24, 2.45) is 0 Å². The van der Waals surface area contributed by atoms with Crippen molar-refractivity contribution in [3.8, 4) is 12.3 Å². The number of imidazole rings is 1. The van der Waals surface area contributed by atoms with Crippen LogP contribution in [0.5, 0.6) is 0 Å². The molecule has 0 saturated heterocycles. The number of terminal acetylenes is 1. The Kier molecular flexibility index (Phi) is 7.70. The number of carbonyl (C=O) groups is 1. The van der Waals surface area contributed by atoms with Crippen LogP contribution in [0, 0.1) is 18.4 Å². The molecule has 152 valence electrons. The van der Waals surface area contributed by atoms with Crippen LogP contribution < -0.4 is 5.73 Å². The normalized spacial score (nSPS) is 13.2. The Hall–Kier alpha value is -2.73. The lowest BCUT2D eigenvalue weighted by Gasteiger charge is -2.26. The Labute approximate surface area is 163 Å². The summed E-state index contributed by atoms with van der Waals surface area (Å²) < 4.78 is 25.9. The molecular weight excluding hydrogens is 365 g/mol. The number of nitrogens with zero attached hydrogens (tertiary/aromatic N) is 4. The molecule has 0 spiro atoms. The lowest BCUT2D eigenvalue weighted by atomic mass is 10.0. The predicted molar refractivity (Wildman–Crippen MR) is 103 cm³/mol. The van der Waals surface area contributed by atoms with E-state index in [-0.39, 0.29) is 24.0 Å². The van der Waals surface area contributed by atoms with Gasteiger partial charge in [-0.3, -0.25) is 4.79 Å². The molecule has 1 unspecified atom stereocenters. The number of halogens is 1. The Morgan fingerprint density at radius 1 is 1.39 bits per heavy atom. The highest BCUT2D eigenvalue weighted by Gasteiger charge is 2.29. The van der Waals surface area contributed by atoms with Gasteiger partial charge in [-0.05, 0) is 6.42 Å². The molecular formula is C19H26FN5O3. The summed E-state index contributed by atoms with van der Waals surface area (Å²) in [7, 11) is 1.46. The summed E-state index contributed by atoms with van der Waals surface area (Å²) in [6, 6.07) is 0. The third-order valence-electron chi connectivity index (χ3n) is 4.57. The summed E-state index contributed by atoms with van der Waals surface area (Å²) >= 11 is 0. The van der Waals surface area contributed by atoms with E-state index in [9.17, 15) is 9.18 Å². The van der Waals surface area contributed by atoms with Crippen molar-refractivity contribution in [1.29, 1.82) is 0 Å². The molecule has 2 aromatic heterocycles. The second-order valence-electron chi connectivity index (χ2n) is 6.55. The van der Waals surface area contributed by atoms with E-state index in [1.165, 1.54) is 13.4 Å². The number of anilines is 1. The molecule has 0 aromatic carbocycles. The molecule has 8 nitrogen and oxygen atoms in total. The number of aromatic nitrogens is 4. The number of hydrogen-bond donors (Lipinski definition) is 1. The maximum atomic E-state index is 13.5. The van der Waals surface area contributed by atoms with Gasteiger partial charge >= 0.3 is 12.0 Å². The molecule has 0 aliphatic carbocycles. The van der Waals surface area contributed by atoms with Gasteiger partial charge < -0.3 is 19.8 Å². The van der Waals surface area contributed by atoms with Crippen LogP contribution in [0.1, 0.15) is 45.4 Å².